The molecule has 0 saturated heterocycles. The molecule has 0 amide bonds. The van der Waals surface area contributed by atoms with E-state index in [-0.39, 0.29) is 5.75 Å². The summed E-state index contributed by atoms with van der Waals surface area (Å²) in [5, 5.41) is 22.8. The molecule has 1 aliphatic rings. The number of aliphatic hydroxyl groups excluding tert-OH is 1. The van der Waals surface area contributed by atoms with Gasteiger partial charge in [0.2, 0.25) is 0 Å². The first-order chi connectivity index (χ1) is 8.25. The SMILES string of the molecule is Oc1cccc(C(O)CNC2CCCCC2)c1. The zero-order valence-corrected chi connectivity index (χ0v) is 10.1. The Morgan fingerprint density at radius 1 is 1.24 bits per heavy atom. The van der Waals surface area contributed by atoms with E-state index in [2.05, 4.69) is 5.32 Å². The van der Waals surface area contributed by atoms with Gasteiger partial charge in [-0.2, -0.15) is 0 Å². The summed E-state index contributed by atoms with van der Waals surface area (Å²) in [4.78, 5) is 0. The Morgan fingerprint density at radius 2 is 2.00 bits per heavy atom. The molecule has 1 saturated carbocycles. The summed E-state index contributed by atoms with van der Waals surface area (Å²) in [6, 6.07) is 7.38. The zero-order valence-electron chi connectivity index (χ0n) is 10.1. The first kappa shape index (κ1) is 12.4. The van der Waals surface area contributed by atoms with Crippen molar-refractivity contribution in [1.29, 1.82) is 0 Å². The highest BCUT2D eigenvalue weighted by molar-refractivity contribution is 5.28. The van der Waals surface area contributed by atoms with Gasteiger partial charge in [-0.25, -0.2) is 0 Å². The monoisotopic (exact) mass is 235 g/mol. The van der Waals surface area contributed by atoms with E-state index >= 15 is 0 Å². The van der Waals surface area contributed by atoms with Gasteiger partial charge < -0.3 is 15.5 Å². The second-order valence-corrected chi connectivity index (χ2v) is 4.85. The van der Waals surface area contributed by atoms with Crippen LogP contribution in [0.25, 0.3) is 0 Å². The standard InChI is InChI=1S/C14H21NO2/c16-13-8-4-5-11(9-13)14(17)10-15-12-6-2-1-3-7-12/h4-5,8-9,12,14-17H,1-3,6-7,10H2. The molecule has 1 aromatic carbocycles. The molecule has 3 heteroatoms. The summed E-state index contributed by atoms with van der Waals surface area (Å²) in [7, 11) is 0. The lowest BCUT2D eigenvalue weighted by Gasteiger charge is -2.24. The van der Waals surface area contributed by atoms with E-state index in [1.165, 1.54) is 32.1 Å². The highest BCUT2D eigenvalue weighted by Gasteiger charge is 2.15. The van der Waals surface area contributed by atoms with Gasteiger partial charge in [0, 0.05) is 12.6 Å². The van der Waals surface area contributed by atoms with Gasteiger partial charge in [0.25, 0.3) is 0 Å². The van der Waals surface area contributed by atoms with Crippen LogP contribution in [0.1, 0.15) is 43.8 Å². The normalized spacial score (nSPS) is 19.1. The topological polar surface area (TPSA) is 52.5 Å². The average Bonchev–Trinajstić information content (AvgIpc) is 2.37. The molecule has 1 fully saturated rings. The van der Waals surface area contributed by atoms with Crippen molar-refractivity contribution in [2.75, 3.05) is 6.54 Å². The smallest absolute Gasteiger partial charge is 0.115 e. The first-order valence-corrected chi connectivity index (χ1v) is 6.46. The summed E-state index contributed by atoms with van der Waals surface area (Å²) in [5.74, 6) is 0.208. The number of hydrogen-bond donors (Lipinski definition) is 3. The van der Waals surface area contributed by atoms with Crippen molar-refractivity contribution < 1.29 is 10.2 Å². The fourth-order valence-electron chi connectivity index (χ4n) is 2.43. The molecule has 0 spiro atoms. The van der Waals surface area contributed by atoms with Crippen molar-refractivity contribution in [3.63, 3.8) is 0 Å². The predicted molar refractivity (Wildman–Crippen MR) is 67.9 cm³/mol. The van der Waals surface area contributed by atoms with E-state index < -0.39 is 6.10 Å². The van der Waals surface area contributed by atoms with Gasteiger partial charge in [-0.15, -0.1) is 0 Å². The van der Waals surface area contributed by atoms with Crippen molar-refractivity contribution in [3.05, 3.63) is 29.8 Å². The first-order valence-electron chi connectivity index (χ1n) is 6.46. The molecule has 0 aromatic heterocycles. The molecule has 0 radical (unpaired) electrons. The number of phenolic OH excluding ortho intramolecular Hbond substituents is 1. The Balaban J connectivity index is 1.82. The lowest BCUT2D eigenvalue weighted by molar-refractivity contribution is 0.165. The molecule has 0 bridgehead atoms. The molecule has 1 atom stereocenters. The number of phenols is 1. The summed E-state index contributed by atoms with van der Waals surface area (Å²) in [6.45, 7) is 0.564. The minimum atomic E-state index is -0.538. The molecular formula is C14H21NO2. The van der Waals surface area contributed by atoms with Crippen molar-refractivity contribution in [3.8, 4) is 5.75 Å². The van der Waals surface area contributed by atoms with Crippen LogP contribution >= 0.6 is 0 Å². The van der Waals surface area contributed by atoms with E-state index in [0.29, 0.717) is 12.6 Å². The van der Waals surface area contributed by atoms with E-state index in [0.717, 1.165) is 5.56 Å². The van der Waals surface area contributed by atoms with Crippen LogP contribution in [0.4, 0.5) is 0 Å². The van der Waals surface area contributed by atoms with Crippen molar-refractivity contribution in [1.82, 2.24) is 5.32 Å². The molecule has 0 aliphatic heterocycles. The second-order valence-electron chi connectivity index (χ2n) is 4.85. The Kier molecular flexibility index (Phi) is 4.40. The molecule has 94 valence electrons. The summed E-state index contributed by atoms with van der Waals surface area (Å²) in [6.07, 6.45) is 5.82. The van der Waals surface area contributed by atoms with Gasteiger partial charge >= 0.3 is 0 Å². The molecular weight excluding hydrogens is 214 g/mol. The van der Waals surface area contributed by atoms with E-state index in [9.17, 15) is 10.2 Å². The molecule has 0 heterocycles. The van der Waals surface area contributed by atoms with Crippen molar-refractivity contribution in [2.45, 2.75) is 44.2 Å². The van der Waals surface area contributed by atoms with Crippen molar-refractivity contribution >= 4 is 0 Å². The molecule has 1 unspecified atom stereocenters. The maximum absolute atomic E-state index is 10.0. The second kappa shape index (κ2) is 6.03. The van der Waals surface area contributed by atoms with E-state index in [1.807, 2.05) is 6.07 Å². The number of rotatable bonds is 4. The number of aromatic hydroxyl groups is 1. The predicted octanol–water partition coefficient (Wildman–Crippen LogP) is 2.35. The summed E-state index contributed by atoms with van der Waals surface area (Å²) >= 11 is 0. The van der Waals surface area contributed by atoms with Gasteiger partial charge in [-0.05, 0) is 30.5 Å². The molecule has 17 heavy (non-hydrogen) atoms. The fraction of sp³-hybridized carbons (Fsp3) is 0.571. The van der Waals surface area contributed by atoms with Crippen LogP contribution in [0.2, 0.25) is 0 Å². The minimum absolute atomic E-state index is 0.208. The third-order valence-electron chi connectivity index (χ3n) is 3.46. The Bertz CT molecular complexity index is 348. The molecule has 3 N–H and O–H groups in total. The maximum atomic E-state index is 10.0. The summed E-state index contributed by atoms with van der Waals surface area (Å²) in [5.41, 5.74) is 0.772. The summed E-state index contributed by atoms with van der Waals surface area (Å²) < 4.78 is 0. The third-order valence-corrected chi connectivity index (χ3v) is 3.46. The number of aliphatic hydroxyl groups is 1. The number of nitrogens with one attached hydrogen (secondary N) is 1. The highest BCUT2D eigenvalue weighted by atomic mass is 16.3. The minimum Gasteiger partial charge on any atom is -0.508 e. The number of benzene rings is 1. The van der Waals surface area contributed by atoms with E-state index in [1.54, 1.807) is 18.2 Å². The van der Waals surface area contributed by atoms with Crippen LogP contribution in [-0.4, -0.2) is 22.8 Å². The van der Waals surface area contributed by atoms with Crippen LogP contribution in [0.3, 0.4) is 0 Å². The van der Waals surface area contributed by atoms with Crippen molar-refractivity contribution in [2.24, 2.45) is 0 Å². The lowest BCUT2D eigenvalue weighted by atomic mass is 9.95. The molecule has 3 nitrogen and oxygen atoms in total. The van der Waals surface area contributed by atoms with Crippen LogP contribution in [0.15, 0.2) is 24.3 Å². The van der Waals surface area contributed by atoms with Crippen LogP contribution in [-0.2, 0) is 0 Å². The highest BCUT2D eigenvalue weighted by Crippen LogP contribution is 2.20. The number of hydrogen-bond acceptors (Lipinski definition) is 3. The molecule has 1 aromatic rings. The Morgan fingerprint density at radius 3 is 2.71 bits per heavy atom. The average molecular weight is 235 g/mol. The molecule has 1 aliphatic carbocycles. The third kappa shape index (κ3) is 3.72. The fourth-order valence-corrected chi connectivity index (χ4v) is 2.43. The van der Waals surface area contributed by atoms with Gasteiger partial charge in [-0.3, -0.25) is 0 Å². The van der Waals surface area contributed by atoms with Crippen LogP contribution in [0.5, 0.6) is 5.75 Å². The van der Waals surface area contributed by atoms with Gasteiger partial charge in [0.1, 0.15) is 5.75 Å². The molecule has 2 rings (SSSR count). The van der Waals surface area contributed by atoms with Crippen LogP contribution in [0, 0.1) is 0 Å². The lowest BCUT2D eigenvalue weighted by Crippen LogP contribution is -2.34. The Labute approximate surface area is 102 Å². The quantitative estimate of drug-likeness (QED) is 0.751. The van der Waals surface area contributed by atoms with E-state index in [4.69, 9.17) is 0 Å². The van der Waals surface area contributed by atoms with Crippen LogP contribution < -0.4 is 5.32 Å². The maximum Gasteiger partial charge on any atom is 0.115 e. The van der Waals surface area contributed by atoms with Gasteiger partial charge in [-0.1, -0.05) is 31.4 Å². The van der Waals surface area contributed by atoms with Gasteiger partial charge in [0.15, 0.2) is 0 Å². The Hall–Kier alpha value is -1.06. The zero-order chi connectivity index (χ0) is 12.1. The van der Waals surface area contributed by atoms with Gasteiger partial charge in [0.05, 0.1) is 6.10 Å². The largest absolute Gasteiger partial charge is 0.508 e.